The highest BCUT2D eigenvalue weighted by Gasteiger charge is 2.04. The van der Waals surface area contributed by atoms with Gasteiger partial charge in [0.25, 0.3) is 0 Å². The molecule has 0 atom stereocenters. The molecule has 11 heavy (non-hydrogen) atoms. The monoisotopic (exact) mass is 364 g/mol. The Morgan fingerprint density at radius 1 is 1.27 bits per heavy atom. The zero-order chi connectivity index (χ0) is 8.43. The van der Waals surface area contributed by atoms with Crippen molar-refractivity contribution in [2.45, 2.75) is 5.33 Å². The van der Waals surface area contributed by atoms with E-state index < -0.39 is 0 Å². The zero-order valence-corrected chi connectivity index (χ0v) is 10.6. The summed E-state index contributed by atoms with van der Waals surface area (Å²) < 4.78 is 1.06. The van der Waals surface area contributed by atoms with E-state index in [0.29, 0.717) is 5.33 Å². The number of hydrogen-bond donors (Lipinski definition) is 0. The Morgan fingerprint density at radius 2 is 1.73 bits per heavy atom. The molecule has 0 amide bonds. The molecule has 0 unspecified atom stereocenters. The Labute approximate surface area is 97.5 Å². The van der Waals surface area contributed by atoms with Gasteiger partial charge in [0.05, 0.1) is 0 Å². The lowest BCUT2D eigenvalue weighted by atomic mass is 10.2. The van der Waals surface area contributed by atoms with Crippen LogP contribution in [0.2, 0.25) is 10.0 Å². The Hall–Kier alpha value is 1.01. The molecule has 0 aliphatic carbocycles. The number of halogens is 4. The third-order valence-electron chi connectivity index (χ3n) is 1.24. The van der Waals surface area contributed by atoms with E-state index in [0.717, 1.165) is 19.2 Å². The van der Waals surface area contributed by atoms with Gasteiger partial charge < -0.3 is 0 Å². The molecule has 0 bridgehead atoms. The fourth-order valence-corrected chi connectivity index (χ4v) is 3.24. The molecule has 0 nitrogen and oxygen atoms in total. The highest BCUT2D eigenvalue weighted by Crippen LogP contribution is 2.28. The summed E-state index contributed by atoms with van der Waals surface area (Å²) in [6.07, 6.45) is 0. The van der Waals surface area contributed by atoms with Gasteiger partial charge in [0.2, 0.25) is 0 Å². The van der Waals surface area contributed by atoms with Crippen molar-refractivity contribution in [2.24, 2.45) is 0 Å². The maximum Gasteiger partial charge on any atom is 0.0471 e. The van der Waals surface area contributed by atoms with Gasteiger partial charge in [-0.2, -0.15) is 0 Å². The first-order valence-electron chi connectivity index (χ1n) is 2.84. The third kappa shape index (κ3) is 2.47. The van der Waals surface area contributed by atoms with Crippen LogP contribution in [0.25, 0.3) is 0 Å². The average Bonchev–Trinajstić information content (AvgIpc) is 1.85. The van der Waals surface area contributed by atoms with Gasteiger partial charge in [-0.1, -0.05) is 39.1 Å². The Bertz CT molecular complexity index is 252. The van der Waals surface area contributed by atoms with Crippen molar-refractivity contribution >= 4 is 61.7 Å². The molecule has 0 radical (unpaired) electrons. The van der Waals surface area contributed by atoms with E-state index in [1.54, 1.807) is 0 Å². The fraction of sp³-hybridized carbons (Fsp3) is 0.143. The summed E-state index contributed by atoms with van der Waals surface area (Å²) in [5, 5.41) is 2.14. The standard InChI is InChI=1S/C7H4BrCl2I/c8-3-5-6(9)1-4(11)2-7(5)10/h1-2H,3H2. The molecule has 0 heterocycles. The minimum Gasteiger partial charge on any atom is -0.0875 e. The molecule has 0 saturated carbocycles. The lowest BCUT2D eigenvalue weighted by Gasteiger charge is -2.02. The smallest absolute Gasteiger partial charge is 0.0471 e. The van der Waals surface area contributed by atoms with Gasteiger partial charge in [-0.15, -0.1) is 0 Å². The molecule has 0 spiro atoms. The van der Waals surface area contributed by atoms with Crippen molar-refractivity contribution < 1.29 is 0 Å². The topological polar surface area (TPSA) is 0 Å². The van der Waals surface area contributed by atoms with Gasteiger partial charge in [-0.3, -0.25) is 0 Å². The summed E-state index contributed by atoms with van der Waals surface area (Å²) in [6, 6.07) is 3.79. The number of hydrogen-bond acceptors (Lipinski definition) is 0. The lowest BCUT2D eigenvalue weighted by Crippen LogP contribution is -1.83. The molecule has 1 aromatic carbocycles. The van der Waals surface area contributed by atoms with Gasteiger partial charge >= 0.3 is 0 Å². The first-order valence-corrected chi connectivity index (χ1v) is 5.80. The minimum atomic E-state index is 0.696. The molecule has 0 saturated heterocycles. The molecule has 60 valence electrons. The maximum atomic E-state index is 5.92. The number of alkyl halides is 1. The first kappa shape index (κ1) is 10.1. The summed E-state index contributed by atoms with van der Waals surface area (Å²) in [7, 11) is 0. The first-order chi connectivity index (χ1) is 5.15. The predicted octanol–water partition coefficient (Wildman–Crippen LogP) is 4.49. The van der Waals surface area contributed by atoms with Gasteiger partial charge in [0.15, 0.2) is 0 Å². The molecule has 4 heteroatoms. The van der Waals surface area contributed by atoms with Crippen molar-refractivity contribution in [2.75, 3.05) is 0 Å². The fourth-order valence-electron chi connectivity index (χ4n) is 0.700. The highest BCUT2D eigenvalue weighted by molar-refractivity contribution is 14.1. The zero-order valence-electron chi connectivity index (χ0n) is 5.37. The van der Waals surface area contributed by atoms with Crippen molar-refractivity contribution in [1.29, 1.82) is 0 Å². The Kier molecular flexibility index (Phi) is 3.95. The second kappa shape index (κ2) is 4.30. The molecule has 1 rings (SSSR count). The van der Waals surface area contributed by atoms with Crippen LogP contribution in [0.1, 0.15) is 5.56 Å². The maximum absolute atomic E-state index is 5.92. The molecule has 0 aromatic heterocycles. The quantitative estimate of drug-likeness (QED) is 0.508. The average molecular weight is 366 g/mol. The summed E-state index contributed by atoms with van der Waals surface area (Å²) >= 11 is 17.3. The van der Waals surface area contributed by atoms with E-state index in [2.05, 4.69) is 38.5 Å². The molecular weight excluding hydrogens is 362 g/mol. The van der Waals surface area contributed by atoms with E-state index in [-0.39, 0.29) is 0 Å². The van der Waals surface area contributed by atoms with Crippen LogP contribution in [-0.4, -0.2) is 0 Å². The van der Waals surface area contributed by atoms with E-state index in [4.69, 9.17) is 23.2 Å². The minimum absolute atomic E-state index is 0.696. The van der Waals surface area contributed by atoms with Crippen LogP contribution in [0.15, 0.2) is 12.1 Å². The van der Waals surface area contributed by atoms with Crippen LogP contribution in [0.5, 0.6) is 0 Å². The number of rotatable bonds is 1. The summed E-state index contributed by atoms with van der Waals surface area (Å²) in [5.74, 6) is 0. The van der Waals surface area contributed by atoms with Crippen LogP contribution in [0.3, 0.4) is 0 Å². The number of benzene rings is 1. The molecule has 0 N–H and O–H groups in total. The second-order valence-corrected chi connectivity index (χ2v) is 4.60. The second-order valence-electron chi connectivity index (χ2n) is 1.98. The van der Waals surface area contributed by atoms with Gasteiger partial charge in [-0.25, -0.2) is 0 Å². The van der Waals surface area contributed by atoms with Gasteiger partial charge in [0, 0.05) is 18.9 Å². The Balaban J connectivity index is 3.25. The van der Waals surface area contributed by atoms with Crippen LogP contribution in [0, 0.1) is 3.57 Å². The van der Waals surface area contributed by atoms with Gasteiger partial charge in [0.1, 0.15) is 0 Å². The summed E-state index contributed by atoms with van der Waals surface area (Å²) in [6.45, 7) is 0. The van der Waals surface area contributed by atoms with Crippen molar-refractivity contribution in [3.63, 3.8) is 0 Å². The van der Waals surface area contributed by atoms with E-state index >= 15 is 0 Å². The van der Waals surface area contributed by atoms with Crippen LogP contribution in [0.4, 0.5) is 0 Å². The largest absolute Gasteiger partial charge is 0.0875 e. The third-order valence-corrected chi connectivity index (χ3v) is 3.10. The molecule has 0 aliphatic rings. The van der Waals surface area contributed by atoms with Crippen molar-refractivity contribution in [3.05, 3.63) is 31.3 Å². The molecule has 1 aromatic rings. The van der Waals surface area contributed by atoms with Gasteiger partial charge in [-0.05, 0) is 40.3 Å². The van der Waals surface area contributed by atoms with Crippen LogP contribution < -0.4 is 0 Å². The van der Waals surface area contributed by atoms with Crippen LogP contribution >= 0.6 is 61.7 Å². The molecule has 0 aliphatic heterocycles. The summed E-state index contributed by atoms with van der Waals surface area (Å²) in [5.41, 5.74) is 0.953. The van der Waals surface area contributed by atoms with Crippen molar-refractivity contribution in [1.82, 2.24) is 0 Å². The van der Waals surface area contributed by atoms with Crippen molar-refractivity contribution in [3.8, 4) is 0 Å². The Morgan fingerprint density at radius 3 is 2.09 bits per heavy atom. The van der Waals surface area contributed by atoms with E-state index in [9.17, 15) is 0 Å². The summed E-state index contributed by atoms with van der Waals surface area (Å²) in [4.78, 5) is 0. The highest BCUT2D eigenvalue weighted by atomic mass is 127. The van der Waals surface area contributed by atoms with Crippen LogP contribution in [-0.2, 0) is 5.33 Å². The lowest BCUT2D eigenvalue weighted by molar-refractivity contribution is 1.42. The van der Waals surface area contributed by atoms with E-state index in [1.807, 2.05) is 12.1 Å². The SMILES string of the molecule is Clc1cc(I)cc(Cl)c1CBr. The molecule has 0 fully saturated rings. The molecular formula is C7H4BrCl2I. The van der Waals surface area contributed by atoms with E-state index in [1.165, 1.54) is 0 Å². The predicted molar refractivity (Wildman–Crippen MR) is 61.8 cm³/mol. The normalized spacial score (nSPS) is 10.2.